The van der Waals surface area contributed by atoms with Gasteiger partial charge in [0, 0.05) is 32.7 Å². The second-order valence-electron chi connectivity index (χ2n) is 5.82. The summed E-state index contributed by atoms with van der Waals surface area (Å²) in [7, 11) is 2.03. The van der Waals surface area contributed by atoms with Crippen LogP contribution in [0, 0.1) is 11.5 Å². The van der Waals surface area contributed by atoms with Crippen molar-refractivity contribution in [1.29, 1.82) is 5.26 Å². The molecule has 1 heterocycles. The summed E-state index contributed by atoms with van der Waals surface area (Å²) >= 11 is 1.16. The molecule has 0 bridgehead atoms. The fraction of sp³-hybridized carbons (Fsp3) is 0.500. The molecule has 1 aliphatic rings. The zero-order valence-corrected chi connectivity index (χ0v) is 14.9. The summed E-state index contributed by atoms with van der Waals surface area (Å²) in [6.07, 6.45) is -1.01. The number of alkyl halides is 3. The summed E-state index contributed by atoms with van der Waals surface area (Å²) in [5, 5.41) is 11.3. The van der Waals surface area contributed by atoms with Crippen molar-refractivity contribution in [3.05, 3.63) is 29.3 Å². The number of aliphatic imine (C=N–C) groups is 1. The smallest absolute Gasteiger partial charge is 0.304 e. The lowest BCUT2D eigenvalue weighted by Crippen LogP contribution is -2.43. The van der Waals surface area contributed by atoms with Crippen LogP contribution in [0.4, 0.5) is 18.9 Å². The van der Waals surface area contributed by atoms with E-state index in [0.29, 0.717) is 12.1 Å². The minimum atomic E-state index is -4.44. The van der Waals surface area contributed by atoms with E-state index in [1.54, 1.807) is 18.5 Å². The van der Waals surface area contributed by atoms with Gasteiger partial charge in [0.2, 0.25) is 0 Å². The summed E-state index contributed by atoms with van der Waals surface area (Å²) in [5.41, 5.74) is 0.0249. The molecule has 9 heteroatoms. The third kappa shape index (κ3) is 5.92. The van der Waals surface area contributed by atoms with Crippen LogP contribution in [0.15, 0.2) is 23.2 Å². The zero-order chi connectivity index (χ0) is 18.4. The van der Waals surface area contributed by atoms with Gasteiger partial charge in [-0.05, 0) is 37.1 Å². The second-order valence-corrected chi connectivity index (χ2v) is 6.62. The molecule has 1 N–H and O–H groups in total. The van der Waals surface area contributed by atoms with E-state index in [4.69, 9.17) is 5.26 Å². The van der Waals surface area contributed by atoms with Crippen LogP contribution in [0.3, 0.4) is 0 Å². The van der Waals surface area contributed by atoms with Gasteiger partial charge in [-0.3, -0.25) is 10.2 Å². The lowest BCUT2D eigenvalue weighted by Gasteiger charge is -2.32. The normalized spacial score (nSPS) is 17.4. The number of halogens is 3. The van der Waals surface area contributed by atoms with Gasteiger partial charge in [-0.1, -0.05) is 11.8 Å². The number of hydrogen-bond donors (Lipinski definition) is 1. The lowest BCUT2D eigenvalue weighted by atomic mass is 10.1. The third-order valence-electron chi connectivity index (χ3n) is 3.89. The van der Waals surface area contributed by atoms with Crippen LogP contribution < -0.4 is 5.32 Å². The fourth-order valence-corrected chi connectivity index (χ4v) is 2.89. The SMILES string of the molecule is CSC(=Nc1cc(CN2CCN(C)CC2)cc(C(F)(F)F)c1)NC#N. The standard InChI is InChI=1S/C16H20F3N5S/c1-23-3-5-24(6-4-23)10-12-7-13(16(17,18)19)9-14(8-12)22-15(25-2)21-11-20/h7-9H,3-6,10H2,1-2H3,(H,21,22). The highest BCUT2D eigenvalue weighted by atomic mass is 32.2. The van der Waals surface area contributed by atoms with Gasteiger partial charge in [0.1, 0.15) is 0 Å². The van der Waals surface area contributed by atoms with Gasteiger partial charge in [-0.25, -0.2) is 4.99 Å². The van der Waals surface area contributed by atoms with Crippen molar-refractivity contribution < 1.29 is 13.2 Å². The number of benzene rings is 1. The van der Waals surface area contributed by atoms with Crippen LogP contribution in [0.25, 0.3) is 0 Å². The Morgan fingerprint density at radius 2 is 1.96 bits per heavy atom. The Hall–Kier alpha value is -1.76. The maximum Gasteiger partial charge on any atom is 0.416 e. The topological polar surface area (TPSA) is 54.7 Å². The van der Waals surface area contributed by atoms with E-state index in [9.17, 15) is 13.2 Å². The number of rotatable bonds is 3. The largest absolute Gasteiger partial charge is 0.416 e. The molecule has 0 saturated carbocycles. The number of nitrogens with zero attached hydrogens (tertiary/aromatic N) is 4. The van der Waals surface area contributed by atoms with Gasteiger partial charge in [0.15, 0.2) is 11.4 Å². The van der Waals surface area contributed by atoms with E-state index in [-0.39, 0.29) is 10.9 Å². The molecule has 1 fully saturated rings. The second kappa shape index (κ2) is 8.56. The van der Waals surface area contributed by atoms with E-state index < -0.39 is 11.7 Å². The fourth-order valence-electron chi connectivity index (χ4n) is 2.55. The molecule has 0 radical (unpaired) electrons. The molecule has 25 heavy (non-hydrogen) atoms. The lowest BCUT2D eigenvalue weighted by molar-refractivity contribution is -0.137. The van der Waals surface area contributed by atoms with E-state index in [0.717, 1.165) is 44.0 Å². The van der Waals surface area contributed by atoms with Crippen LogP contribution in [0.2, 0.25) is 0 Å². The molecule has 0 aliphatic carbocycles. The minimum absolute atomic E-state index is 0.186. The molecule has 0 unspecified atom stereocenters. The summed E-state index contributed by atoms with van der Waals surface area (Å²) in [6.45, 7) is 3.87. The Morgan fingerprint density at radius 3 is 2.52 bits per heavy atom. The Balaban J connectivity index is 2.29. The quantitative estimate of drug-likeness (QED) is 0.383. The van der Waals surface area contributed by atoms with Crippen molar-refractivity contribution in [2.75, 3.05) is 39.5 Å². The van der Waals surface area contributed by atoms with Gasteiger partial charge < -0.3 is 4.90 Å². The number of piperazine rings is 1. The van der Waals surface area contributed by atoms with Crippen LogP contribution in [0.5, 0.6) is 0 Å². The molecule has 5 nitrogen and oxygen atoms in total. The van der Waals surface area contributed by atoms with Gasteiger partial charge in [-0.2, -0.15) is 18.4 Å². The molecular formula is C16H20F3N5S. The average molecular weight is 371 g/mol. The molecule has 0 amide bonds. The summed E-state index contributed by atoms with van der Waals surface area (Å²) in [4.78, 5) is 8.45. The van der Waals surface area contributed by atoms with Crippen molar-refractivity contribution >= 4 is 22.6 Å². The van der Waals surface area contributed by atoms with E-state index in [1.165, 1.54) is 6.07 Å². The van der Waals surface area contributed by atoms with Crippen LogP contribution in [-0.2, 0) is 12.7 Å². The van der Waals surface area contributed by atoms with Gasteiger partial charge in [-0.15, -0.1) is 0 Å². The highest BCUT2D eigenvalue weighted by Gasteiger charge is 2.31. The molecule has 1 saturated heterocycles. The Bertz CT molecular complexity index is 661. The highest BCUT2D eigenvalue weighted by Crippen LogP contribution is 2.33. The molecular weight excluding hydrogens is 351 g/mol. The molecule has 1 aromatic carbocycles. The number of hydrogen-bond acceptors (Lipinski definition) is 5. The maximum absolute atomic E-state index is 13.2. The first-order valence-corrected chi connectivity index (χ1v) is 8.94. The predicted molar refractivity (Wildman–Crippen MR) is 93.6 cm³/mol. The molecule has 2 rings (SSSR count). The van der Waals surface area contributed by atoms with E-state index in [2.05, 4.69) is 20.1 Å². The summed E-state index contributed by atoms with van der Waals surface area (Å²) in [6, 6.07) is 3.82. The molecule has 1 aliphatic heterocycles. The summed E-state index contributed by atoms with van der Waals surface area (Å²) < 4.78 is 39.6. The van der Waals surface area contributed by atoms with Gasteiger partial charge >= 0.3 is 6.18 Å². The molecule has 0 atom stereocenters. The van der Waals surface area contributed by atoms with E-state index >= 15 is 0 Å². The minimum Gasteiger partial charge on any atom is -0.304 e. The highest BCUT2D eigenvalue weighted by molar-refractivity contribution is 8.13. The van der Waals surface area contributed by atoms with Crippen molar-refractivity contribution in [3.63, 3.8) is 0 Å². The molecule has 0 aromatic heterocycles. The van der Waals surface area contributed by atoms with Crippen LogP contribution in [-0.4, -0.2) is 54.4 Å². The van der Waals surface area contributed by atoms with Crippen molar-refractivity contribution in [1.82, 2.24) is 15.1 Å². The van der Waals surface area contributed by atoms with Crippen LogP contribution >= 0.6 is 11.8 Å². The Kier molecular flexibility index (Phi) is 6.70. The molecule has 136 valence electrons. The number of nitrogens with one attached hydrogen (secondary N) is 1. The zero-order valence-electron chi connectivity index (χ0n) is 14.1. The first-order valence-electron chi connectivity index (χ1n) is 7.71. The Labute approximate surface area is 149 Å². The summed E-state index contributed by atoms with van der Waals surface area (Å²) in [5.74, 6) is 0. The van der Waals surface area contributed by atoms with Gasteiger partial charge in [0.25, 0.3) is 0 Å². The monoisotopic (exact) mass is 371 g/mol. The van der Waals surface area contributed by atoms with Crippen molar-refractivity contribution in [2.24, 2.45) is 4.99 Å². The molecule has 1 aromatic rings. The molecule has 0 spiro atoms. The maximum atomic E-state index is 13.2. The number of nitriles is 1. The number of thioether (sulfide) groups is 1. The Morgan fingerprint density at radius 1 is 1.28 bits per heavy atom. The van der Waals surface area contributed by atoms with Crippen molar-refractivity contribution in [2.45, 2.75) is 12.7 Å². The van der Waals surface area contributed by atoms with E-state index in [1.807, 2.05) is 7.05 Å². The first kappa shape index (κ1) is 19.6. The van der Waals surface area contributed by atoms with Gasteiger partial charge in [0.05, 0.1) is 11.3 Å². The number of amidine groups is 1. The number of likely N-dealkylation sites (N-methyl/N-ethyl adjacent to an activating group) is 1. The van der Waals surface area contributed by atoms with Crippen LogP contribution in [0.1, 0.15) is 11.1 Å². The van der Waals surface area contributed by atoms with Crippen molar-refractivity contribution in [3.8, 4) is 6.19 Å². The average Bonchev–Trinajstić information content (AvgIpc) is 2.55. The predicted octanol–water partition coefficient (Wildman–Crippen LogP) is 2.87. The first-order chi connectivity index (χ1) is 11.8. The third-order valence-corrected chi connectivity index (χ3v) is 4.47.